The lowest BCUT2D eigenvalue weighted by molar-refractivity contribution is -0.384. The summed E-state index contributed by atoms with van der Waals surface area (Å²) in [7, 11) is 1.37. The molecule has 2 rings (SSSR count). The highest BCUT2D eigenvalue weighted by Crippen LogP contribution is 2.29. The number of anilines is 1. The zero-order valence-corrected chi connectivity index (χ0v) is 15.4. The molecule has 0 unspecified atom stereocenters. The van der Waals surface area contributed by atoms with Crippen LogP contribution in [0.15, 0.2) is 42.5 Å². The summed E-state index contributed by atoms with van der Waals surface area (Å²) in [6.07, 6.45) is -1.12. The molecule has 0 saturated carbocycles. The van der Waals surface area contributed by atoms with Crippen LogP contribution in [0.4, 0.5) is 11.4 Å². The molecule has 0 aliphatic rings. The van der Waals surface area contributed by atoms with Crippen LogP contribution in [0.1, 0.15) is 12.5 Å². The first kappa shape index (κ1) is 20.2. The van der Waals surface area contributed by atoms with Gasteiger partial charge in [0.25, 0.3) is 11.6 Å². The lowest BCUT2D eigenvalue weighted by Gasteiger charge is -2.15. The number of benzene rings is 2. The van der Waals surface area contributed by atoms with Crippen molar-refractivity contribution in [3.63, 3.8) is 0 Å². The summed E-state index contributed by atoms with van der Waals surface area (Å²) in [5.41, 5.74) is 0.591. The second-order valence-corrected chi connectivity index (χ2v) is 6.00. The number of nitrogens with one attached hydrogen (secondary N) is 1. The van der Waals surface area contributed by atoms with Crippen molar-refractivity contribution < 1.29 is 24.0 Å². The number of halogens is 1. The van der Waals surface area contributed by atoms with Crippen molar-refractivity contribution in [1.82, 2.24) is 0 Å². The SMILES string of the molecule is COc1ccc([N+](=O)[O-])cc1NC(=O)[C@@H](C)OC(=O)Cc1ccc(Cl)cc1. The third kappa shape index (κ3) is 5.68. The van der Waals surface area contributed by atoms with Gasteiger partial charge in [-0.1, -0.05) is 23.7 Å². The van der Waals surface area contributed by atoms with Gasteiger partial charge in [0.1, 0.15) is 5.75 Å². The molecule has 9 heteroatoms. The van der Waals surface area contributed by atoms with Crippen LogP contribution in [-0.2, 0) is 20.7 Å². The third-order valence-electron chi connectivity index (χ3n) is 3.59. The zero-order valence-electron chi connectivity index (χ0n) is 14.6. The third-order valence-corrected chi connectivity index (χ3v) is 3.84. The van der Waals surface area contributed by atoms with Crippen LogP contribution < -0.4 is 10.1 Å². The number of amides is 1. The summed E-state index contributed by atoms with van der Waals surface area (Å²) in [6.45, 7) is 1.40. The van der Waals surface area contributed by atoms with Gasteiger partial charge in [-0.2, -0.15) is 0 Å². The lowest BCUT2D eigenvalue weighted by atomic mass is 10.1. The van der Waals surface area contributed by atoms with Crippen molar-refractivity contribution in [2.45, 2.75) is 19.4 Å². The Balaban J connectivity index is 2.00. The maximum absolute atomic E-state index is 12.3. The summed E-state index contributed by atoms with van der Waals surface area (Å²) in [5.74, 6) is -0.988. The lowest BCUT2D eigenvalue weighted by Crippen LogP contribution is -2.30. The van der Waals surface area contributed by atoms with E-state index >= 15 is 0 Å². The Morgan fingerprint density at radius 1 is 1.22 bits per heavy atom. The van der Waals surface area contributed by atoms with Gasteiger partial charge in [-0.3, -0.25) is 19.7 Å². The van der Waals surface area contributed by atoms with Crippen LogP contribution in [0.25, 0.3) is 0 Å². The number of methoxy groups -OCH3 is 1. The van der Waals surface area contributed by atoms with E-state index < -0.39 is 22.9 Å². The van der Waals surface area contributed by atoms with Gasteiger partial charge in [0, 0.05) is 17.2 Å². The summed E-state index contributed by atoms with van der Waals surface area (Å²) in [4.78, 5) is 34.5. The molecule has 8 nitrogen and oxygen atoms in total. The Kier molecular flexibility index (Phi) is 6.73. The molecule has 0 heterocycles. The molecule has 0 aromatic heterocycles. The molecule has 0 radical (unpaired) electrons. The summed E-state index contributed by atoms with van der Waals surface area (Å²) >= 11 is 5.79. The molecular weight excluding hydrogens is 376 g/mol. The number of nitrogens with zero attached hydrogens (tertiary/aromatic N) is 1. The smallest absolute Gasteiger partial charge is 0.311 e. The Labute approximate surface area is 160 Å². The fourth-order valence-electron chi connectivity index (χ4n) is 2.20. The molecular formula is C18H17ClN2O6. The van der Waals surface area contributed by atoms with Crippen molar-refractivity contribution in [3.05, 3.63) is 63.2 Å². The quantitative estimate of drug-likeness (QED) is 0.439. The minimum atomic E-state index is -1.10. The Hall–Kier alpha value is -3.13. The van der Waals surface area contributed by atoms with Gasteiger partial charge in [-0.15, -0.1) is 0 Å². The van der Waals surface area contributed by atoms with Crippen LogP contribution in [0, 0.1) is 10.1 Å². The van der Waals surface area contributed by atoms with Gasteiger partial charge in [0.2, 0.25) is 0 Å². The van der Waals surface area contributed by atoms with E-state index in [-0.39, 0.29) is 23.5 Å². The molecule has 1 amide bonds. The number of non-ortho nitro benzene ring substituents is 1. The van der Waals surface area contributed by atoms with Gasteiger partial charge >= 0.3 is 5.97 Å². The minimum absolute atomic E-state index is 0.0189. The minimum Gasteiger partial charge on any atom is -0.495 e. The maximum atomic E-state index is 12.3. The number of rotatable bonds is 7. The maximum Gasteiger partial charge on any atom is 0.311 e. The van der Waals surface area contributed by atoms with E-state index in [0.29, 0.717) is 10.6 Å². The number of hydrogen-bond donors (Lipinski definition) is 1. The molecule has 2 aromatic carbocycles. The van der Waals surface area contributed by atoms with Crippen LogP contribution >= 0.6 is 11.6 Å². The largest absolute Gasteiger partial charge is 0.495 e. The predicted molar refractivity (Wildman–Crippen MR) is 99.0 cm³/mol. The van der Waals surface area contributed by atoms with E-state index in [2.05, 4.69) is 5.32 Å². The van der Waals surface area contributed by atoms with Gasteiger partial charge in [0.15, 0.2) is 6.10 Å². The Morgan fingerprint density at radius 2 is 1.89 bits per heavy atom. The predicted octanol–water partition coefficient (Wildman–Crippen LogP) is 3.37. The number of nitro groups is 1. The normalized spacial score (nSPS) is 11.4. The van der Waals surface area contributed by atoms with Crippen LogP contribution in [-0.4, -0.2) is 30.0 Å². The first-order valence-electron chi connectivity index (χ1n) is 7.87. The van der Waals surface area contributed by atoms with Gasteiger partial charge in [0.05, 0.1) is 24.1 Å². The van der Waals surface area contributed by atoms with Crippen molar-refractivity contribution >= 4 is 34.9 Å². The summed E-state index contributed by atoms with van der Waals surface area (Å²) < 4.78 is 10.2. The molecule has 1 N–H and O–H groups in total. The van der Waals surface area contributed by atoms with Crippen LogP contribution in [0.5, 0.6) is 5.75 Å². The topological polar surface area (TPSA) is 108 Å². The van der Waals surface area contributed by atoms with Gasteiger partial charge in [-0.05, 0) is 30.7 Å². The highest BCUT2D eigenvalue weighted by Gasteiger charge is 2.21. The Morgan fingerprint density at radius 3 is 2.48 bits per heavy atom. The molecule has 2 aromatic rings. The molecule has 1 atom stereocenters. The monoisotopic (exact) mass is 392 g/mol. The number of ether oxygens (including phenoxy) is 2. The number of hydrogen-bond acceptors (Lipinski definition) is 6. The number of esters is 1. The second-order valence-electron chi connectivity index (χ2n) is 5.57. The molecule has 0 bridgehead atoms. The van der Waals surface area contributed by atoms with Crippen molar-refractivity contribution in [1.29, 1.82) is 0 Å². The fraction of sp³-hybridized carbons (Fsp3) is 0.222. The standard InChI is InChI=1S/C18H17ClN2O6/c1-11(27-17(22)9-12-3-5-13(19)6-4-12)18(23)20-15-10-14(21(24)25)7-8-16(15)26-2/h3-8,10-11H,9H2,1-2H3,(H,20,23)/t11-/m1/s1. The van der Waals surface area contributed by atoms with Gasteiger partial charge < -0.3 is 14.8 Å². The Bertz CT molecular complexity index is 853. The van der Waals surface area contributed by atoms with E-state index in [1.54, 1.807) is 24.3 Å². The average Bonchev–Trinajstić information content (AvgIpc) is 2.63. The van der Waals surface area contributed by atoms with Gasteiger partial charge in [-0.25, -0.2) is 0 Å². The average molecular weight is 393 g/mol. The molecule has 142 valence electrons. The first-order valence-corrected chi connectivity index (χ1v) is 8.25. The van der Waals surface area contributed by atoms with E-state index in [0.717, 1.165) is 0 Å². The molecule has 0 aliphatic carbocycles. The first-order chi connectivity index (χ1) is 12.8. The number of carbonyl (C=O) groups excluding carboxylic acids is 2. The molecule has 0 spiro atoms. The summed E-state index contributed by atoms with van der Waals surface area (Å²) in [5, 5.41) is 13.9. The van der Waals surface area contributed by atoms with E-state index in [1.807, 2.05) is 0 Å². The van der Waals surface area contributed by atoms with Crippen molar-refractivity contribution in [2.24, 2.45) is 0 Å². The van der Waals surface area contributed by atoms with Crippen molar-refractivity contribution in [2.75, 3.05) is 12.4 Å². The summed E-state index contributed by atoms with van der Waals surface area (Å²) in [6, 6.07) is 10.4. The number of nitro benzene ring substituents is 1. The second kappa shape index (κ2) is 9.00. The fourth-order valence-corrected chi connectivity index (χ4v) is 2.33. The van der Waals surface area contributed by atoms with E-state index in [9.17, 15) is 19.7 Å². The zero-order chi connectivity index (χ0) is 20.0. The highest BCUT2D eigenvalue weighted by molar-refractivity contribution is 6.30. The highest BCUT2D eigenvalue weighted by atomic mass is 35.5. The van der Waals surface area contributed by atoms with Crippen molar-refractivity contribution in [3.8, 4) is 5.75 Å². The van der Waals surface area contributed by atoms with Crippen LogP contribution in [0.3, 0.4) is 0 Å². The molecule has 0 saturated heterocycles. The molecule has 0 aliphatic heterocycles. The molecule has 27 heavy (non-hydrogen) atoms. The number of carbonyl (C=O) groups is 2. The van der Waals surface area contributed by atoms with E-state index in [4.69, 9.17) is 21.1 Å². The van der Waals surface area contributed by atoms with Crippen LogP contribution in [0.2, 0.25) is 5.02 Å². The molecule has 0 fully saturated rings. The van der Waals surface area contributed by atoms with E-state index in [1.165, 1.54) is 32.2 Å².